The van der Waals surface area contributed by atoms with Crippen LogP contribution in [0, 0.1) is 5.92 Å². The van der Waals surface area contributed by atoms with Crippen LogP contribution in [0.25, 0.3) is 44.2 Å². The molecule has 2 fully saturated rings. The van der Waals surface area contributed by atoms with Crippen LogP contribution in [0.3, 0.4) is 0 Å². The van der Waals surface area contributed by atoms with Crippen LogP contribution in [-0.2, 0) is 25.7 Å². The number of benzene rings is 3. The van der Waals surface area contributed by atoms with Crippen LogP contribution in [-0.4, -0.2) is 92.1 Å². The number of methoxy groups -OCH3 is 2. The maximum atomic E-state index is 14.0. The number of carbonyl (C=O) groups is 4. The van der Waals surface area contributed by atoms with Crippen molar-refractivity contribution in [3.05, 3.63) is 65.9 Å². The van der Waals surface area contributed by atoms with E-state index in [-0.39, 0.29) is 41.9 Å². The number of nitrogens with one attached hydrogen (secondary N) is 4. The molecule has 6 unspecified atom stereocenters. The third-order valence-electron chi connectivity index (χ3n) is 12.6. The highest BCUT2D eigenvalue weighted by Crippen LogP contribution is 2.44. The highest BCUT2D eigenvalue weighted by molar-refractivity contribution is 6.07. The lowest BCUT2D eigenvalue weighted by molar-refractivity contribution is -0.138. The van der Waals surface area contributed by atoms with Gasteiger partial charge in [-0.3, -0.25) is 9.59 Å². The van der Waals surface area contributed by atoms with E-state index < -0.39 is 24.3 Å². The lowest BCUT2D eigenvalue weighted by Gasteiger charge is -2.34. The van der Waals surface area contributed by atoms with Crippen LogP contribution in [0.5, 0.6) is 5.75 Å². The van der Waals surface area contributed by atoms with Crippen molar-refractivity contribution >= 4 is 45.8 Å². The van der Waals surface area contributed by atoms with Crippen molar-refractivity contribution in [2.45, 2.75) is 116 Å². The molecule has 4 N–H and O–H groups in total. The van der Waals surface area contributed by atoms with Gasteiger partial charge in [-0.05, 0) is 97.7 Å². The number of imidazole rings is 2. The van der Waals surface area contributed by atoms with Gasteiger partial charge in [0.1, 0.15) is 36.1 Å². The fourth-order valence-corrected chi connectivity index (χ4v) is 9.37. The highest BCUT2D eigenvalue weighted by atomic mass is 16.5. The summed E-state index contributed by atoms with van der Waals surface area (Å²) in [6.45, 7) is 10.2. The standard InChI is InChI=1S/C45H54N8O7/c1-8-28-13-17-35(53(28)43(55)38(23(3)4)51-45(57)59-7)40-46-21-34(48-40)26-11-14-29-27(18-26)22-60-37-20-30-25(19-31(29)37)12-15-33-39(30)50-41(47-33)36-16-10-24(5)52(36)42(54)32(9-2)49-44(56)58-6/h11-12,14-15,18-21,23-24,28,32,35-36,38H,8-10,13,16-17,22H2,1-7H3,(H,46,48)(H,47,50)(H,49,56)(H,51,57). The van der Waals surface area contributed by atoms with Crippen molar-refractivity contribution in [1.82, 2.24) is 40.4 Å². The fourth-order valence-electron chi connectivity index (χ4n) is 9.37. The normalized spacial score (nSPS) is 20.7. The van der Waals surface area contributed by atoms with Crippen LogP contribution in [0.1, 0.15) is 102 Å². The number of hydrogen-bond donors (Lipinski definition) is 4. The number of fused-ring (bicyclic) bond motifs is 6. The number of rotatable bonds is 10. The number of nitrogens with zero attached hydrogens (tertiary/aromatic N) is 4. The molecule has 60 heavy (non-hydrogen) atoms. The minimum Gasteiger partial charge on any atom is -0.488 e. The lowest BCUT2D eigenvalue weighted by Crippen LogP contribution is -2.53. The van der Waals surface area contributed by atoms with Crippen LogP contribution in [0.15, 0.2) is 48.7 Å². The van der Waals surface area contributed by atoms with E-state index in [2.05, 4.69) is 63.9 Å². The molecule has 2 saturated heterocycles. The predicted octanol–water partition coefficient (Wildman–Crippen LogP) is 7.67. The summed E-state index contributed by atoms with van der Waals surface area (Å²) in [5.74, 6) is 1.80. The Morgan fingerprint density at radius 3 is 2.35 bits per heavy atom. The summed E-state index contributed by atoms with van der Waals surface area (Å²) in [5, 5.41) is 7.40. The zero-order valence-corrected chi connectivity index (χ0v) is 35.3. The van der Waals surface area contributed by atoms with Crippen molar-refractivity contribution in [3.63, 3.8) is 0 Å². The number of aromatic nitrogens is 4. The first-order valence-electron chi connectivity index (χ1n) is 21.0. The Labute approximate surface area is 348 Å². The first-order chi connectivity index (χ1) is 28.9. The number of ether oxygens (including phenoxy) is 3. The maximum absolute atomic E-state index is 14.0. The topological polar surface area (TPSA) is 184 Å². The number of H-pyrrole nitrogens is 2. The van der Waals surface area contributed by atoms with Crippen LogP contribution in [0.4, 0.5) is 9.59 Å². The SMILES string of the molecule is CCC(NC(=O)OC)C(=O)N1C(C)CCC1c1nc2c(ccc3cc4c(cc32)OCc2cc(-c3cnc(C5CCC(CC)N5C(=O)C(NC(=O)OC)C(C)C)[nH]3)ccc2-4)[nH]1. The monoisotopic (exact) mass is 818 g/mol. The number of alkyl carbamates (subject to hydrolysis) is 2. The van der Waals surface area contributed by atoms with Gasteiger partial charge in [0.05, 0.1) is 49.2 Å². The lowest BCUT2D eigenvalue weighted by atomic mass is 9.92. The number of hydrogen-bond acceptors (Lipinski definition) is 9. The van der Waals surface area contributed by atoms with Crippen molar-refractivity contribution in [2.24, 2.45) is 5.92 Å². The van der Waals surface area contributed by atoms with Gasteiger partial charge < -0.3 is 44.6 Å². The van der Waals surface area contributed by atoms with E-state index in [1.165, 1.54) is 14.2 Å². The third kappa shape index (κ3) is 7.27. The van der Waals surface area contributed by atoms with Gasteiger partial charge in [-0.2, -0.15) is 0 Å². The van der Waals surface area contributed by atoms with Crippen LogP contribution < -0.4 is 15.4 Å². The summed E-state index contributed by atoms with van der Waals surface area (Å²) in [5.41, 5.74) is 6.61. The number of carbonyl (C=O) groups excluding carboxylic acids is 4. The predicted molar refractivity (Wildman–Crippen MR) is 226 cm³/mol. The van der Waals surface area contributed by atoms with Crippen molar-refractivity contribution in [2.75, 3.05) is 14.2 Å². The van der Waals surface area contributed by atoms with Gasteiger partial charge >= 0.3 is 12.2 Å². The van der Waals surface area contributed by atoms with E-state index in [1.54, 1.807) is 0 Å². The Balaban J connectivity index is 1.05. The van der Waals surface area contributed by atoms with E-state index in [1.807, 2.05) is 49.8 Å². The molecule has 0 saturated carbocycles. The van der Waals surface area contributed by atoms with Crippen molar-refractivity contribution in [1.29, 1.82) is 0 Å². The van der Waals surface area contributed by atoms with Crippen molar-refractivity contribution < 1.29 is 33.4 Å². The van der Waals surface area contributed by atoms with Gasteiger partial charge in [0.2, 0.25) is 11.8 Å². The third-order valence-corrected chi connectivity index (χ3v) is 12.6. The summed E-state index contributed by atoms with van der Waals surface area (Å²) in [7, 11) is 2.59. The Bertz CT molecular complexity index is 2460. The number of aromatic amines is 2. The van der Waals surface area contributed by atoms with E-state index in [0.29, 0.717) is 18.9 Å². The molecular weight excluding hydrogens is 765 g/mol. The Morgan fingerprint density at radius 1 is 0.867 bits per heavy atom. The Morgan fingerprint density at radius 2 is 1.62 bits per heavy atom. The zero-order valence-electron chi connectivity index (χ0n) is 35.3. The molecule has 316 valence electrons. The summed E-state index contributed by atoms with van der Waals surface area (Å²) in [4.78, 5) is 72.6. The summed E-state index contributed by atoms with van der Waals surface area (Å²) < 4.78 is 16.0. The molecule has 4 amide bonds. The van der Waals surface area contributed by atoms with Gasteiger partial charge in [-0.1, -0.05) is 45.9 Å². The molecule has 0 spiro atoms. The summed E-state index contributed by atoms with van der Waals surface area (Å²) in [6, 6.07) is 12.8. The molecule has 5 aromatic rings. The largest absolute Gasteiger partial charge is 0.488 e. The van der Waals surface area contributed by atoms with Crippen LogP contribution >= 0.6 is 0 Å². The molecule has 15 nitrogen and oxygen atoms in total. The number of amides is 4. The molecule has 0 aliphatic carbocycles. The summed E-state index contributed by atoms with van der Waals surface area (Å²) in [6.07, 6.45) is 4.99. The average molecular weight is 819 g/mol. The number of likely N-dealkylation sites (tertiary alicyclic amines) is 2. The molecule has 3 aromatic carbocycles. The second-order valence-electron chi connectivity index (χ2n) is 16.5. The average Bonchev–Trinajstić information content (AvgIpc) is 4.08. The van der Waals surface area contributed by atoms with E-state index in [4.69, 9.17) is 24.2 Å². The first-order valence-corrected chi connectivity index (χ1v) is 21.0. The molecule has 0 bridgehead atoms. The van der Waals surface area contributed by atoms with Crippen molar-refractivity contribution in [3.8, 4) is 28.1 Å². The Kier molecular flexibility index (Phi) is 11.2. The summed E-state index contributed by atoms with van der Waals surface area (Å²) >= 11 is 0. The maximum Gasteiger partial charge on any atom is 0.407 e. The molecule has 15 heteroatoms. The minimum atomic E-state index is -0.716. The molecule has 3 aliphatic rings. The molecule has 5 heterocycles. The van der Waals surface area contributed by atoms with Gasteiger partial charge in [0.15, 0.2) is 0 Å². The molecular formula is C45H54N8O7. The quantitative estimate of drug-likeness (QED) is 0.110. The van der Waals surface area contributed by atoms with E-state index in [0.717, 1.165) is 93.4 Å². The zero-order chi connectivity index (χ0) is 42.4. The van der Waals surface area contributed by atoms with Crippen LogP contribution in [0.2, 0.25) is 0 Å². The van der Waals surface area contributed by atoms with Gasteiger partial charge in [-0.25, -0.2) is 19.6 Å². The fraction of sp³-hybridized carbons (Fsp3) is 0.467. The second kappa shape index (κ2) is 16.5. The van der Waals surface area contributed by atoms with E-state index in [9.17, 15) is 19.2 Å². The molecule has 0 radical (unpaired) electrons. The van der Waals surface area contributed by atoms with Gasteiger partial charge in [-0.15, -0.1) is 0 Å². The minimum absolute atomic E-state index is 0.0139. The molecule has 6 atom stereocenters. The molecule has 8 rings (SSSR count). The van der Waals surface area contributed by atoms with E-state index >= 15 is 0 Å². The van der Waals surface area contributed by atoms with Gasteiger partial charge in [0, 0.05) is 23.0 Å². The Hall–Kier alpha value is -6.12. The highest BCUT2D eigenvalue weighted by Gasteiger charge is 2.43. The molecule has 2 aromatic heterocycles. The second-order valence-corrected chi connectivity index (χ2v) is 16.5. The first kappa shape index (κ1) is 40.7. The van der Waals surface area contributed by atoms with Gasteiger partial charge in [0.25, 0.3) is 0 Å². The molecule has 3 aliphatic heterocycles. The smallest absolute Gasteiger partial charge is 0.407 e.